The molecule has 3 nitrogen and oxygen atoms in total. The van der Waals surface area contributed by atoms with Crippen LogP contribution in [0.25, 0.3) is 21.8 Å². The largest absolute Gasteiger partial charge is 0.413 e. The number of nitrogens with zero attached hydrogens (tertiary/aromatic N) is 1. The summed E-state index contributed by atoms with van der Waals surface area (Å²) < 4.78 is 1.98. The van der Waals surface area contributed by atoms with Gasteiger partial charge in [-0.25, -0.2) is 0 Å². The van der Waals surface area contributed by atoms with E-state index in [1.54, 1.807) is 0 Å². The predicted molar refractivity (Wildman–Crippen MR) is 88.7 cm³/mol. The molecule has 0 aliphatic heterocycles. The molecule has 0 saturated heterocycles. The number of aromatic nitrogens is 1. The van der Waals surface area contributed by atoms with Gasteiger partial charge in [-0.3, -0.25) is 0 Å². The van der Waals surface area contributed by atoms with E-state index in [9.17, 15) is 0 Å². The predicted octanol–water partition coefficient (Wildman–Crippen LogP) is 3.61. The number of nitrogens with one attached hydrogen (secondary N) is 1. The molecule has 0 bridgehead atoms. The molecule has 0 spiro atoms. The summed E-state index contributed by atoms with van der Waals surface area (Å²) in [5.74, 6) is 0. The Hall–Kier alpha value is -2.00. The fraction of sp³-hybridized carbons (Fsp3) is 0.333. The standard InChI is InChI=1S/C18H22N2O/c1-2-12-19-13-7-14-21-20-17-10-5-3-8-15(17)16-9-4-6-11-18(16)20/h3-6,8-11,19H,2,7,12-14H2,1H3. The van der Waals surface area contributed by atoms with E-state index in [-0.39, 0.29) is 0 Å². The van der Waals surface area contributed by atoms with Crippen LogP contribution in [0.2, 0.25) is 0 Å². The summed E-state index contributed by atoms with van der Waals surface area (Å²) in [5.41, 5.74) is 2.28. The van der Waals surface area contributed by atoms with E-state index in [1.165, 1.54) is 17.2 Å². The third-order valence-electron chi connectivity index (χ3n) is 3.68. The molecule has 1 aromatic heterocycles. The summed E-state index contributed by atoms with van der Waals surface area (Å²) in [5, 5.41) is 5.90. The molecule has 110 valence electrons. The van der Waals surface area contributed by atoms with Gasteiger partial charge in [-0.1, -0.05) is 43.3 Å². The Labute approximate surface area is 125 Å². The average Bonchev–Trinajstić information content (AvgIpc) is 2.85. The van der Waals surface area contributed by atoms with Gasteiger partial charge >= 0.3 is 0 Å². The fourth-order valence-electron chi connectivity index (χ4n) is 2.68. The zero-order chi connectivity index (χ0) is 14.5. The van der Waals surface area contributed by atoms with Crippen LogP contribution in [0.3, 0.4) is 0 Å². The van der Waals surface area contributed by atoms with Gasteiger partial charge in [-0.05, 0) is 38.1 Å². The van der Waals surface area contributed by atoms with E-state index in [0.29, 0.717) is 0 Å². The Kier molecular flexibility index (Phi) is 4.41. The first-order valence-corrected chi connectivity index (χ1v) is 7.74. The lowest BCUT2D eigenvalue weighted by Crippen LogP contribution is -2.20. The summed E-state index contributed by atoms with van der Waals surface area (Å²) in [6.07, 6.45) is 2.19. The summed E-state index contributed by atoms with van der Waals surface area (Å²) in [6, 6.07) is 16.8. The summed E-state index contributed by atoms with van der Waals surface area (Å²) in [6.45, 7) is 4.99. The molecule has 0 aliphatic rings. The lowest BCUT2D eigenvalue weighted by molar-refractivity contribution is 0.127. The van der Waals surface area contributed by atoms with Crippen LogP contribution in [0.15, 0.2) is 48.5 Å². The quantitative estimate of drug-likeness (QED) is 0.670. The van der Waals surface area contributed by atoms with Crippen molar-refractivity contribution in [3.63, 3.8) is 0 Å². The first-order valence-electron chi connectivity index (χ1n) is 7.74. The Morgan fingerprint density at radius 1 is 0.905 bits per heavy atom. The second kappa shape index (κ2) is 6.64. The van der Waals surface area contributed by atoms with Crippen LogP contribution >= 0.6 is 0 Å². The Morgan fingerprint density at radius 2 is 1.52 bits per heavy atom. The van der Waals surface area contributed by atoms with Crippen molar-refractivity contribution in [1.29, 1.82) is 0 Å². The van der Waals surface area contributed by atoms with Crippen LogP contribution in [0.1, 0.15) is 19.8 Å². The third kappa shape index (κ3) is 2.88. The molecular weight excluding hydrogens is 260 g/mol. The molecule has 2 aromatic carbocycles. The van der Waals surface area contributed by atoms with E-state index >= 15 is 0 Å². The molecule has 1 N–H and O–H groups in total. The molecular formula is C18H22N2O. The van der Waals surface area contributed by atoms with Gasteiger partial charge in [-0.2, -0.15) is 4.73 Å². The highest BCUT2D eigenvalue weighted by atomic mass is 16.7. The van der Waals surface area contributed by atoms with Gasteiger partial charge in [0.25, 0.3) is 0 Å². The lowest BCUT2D eigenvalue weighted by Gasteiger charge is -2.10. The summed E-state index contributed by atoms with van der Waals surface area (Å²) in [4.78, 5) is 6.03. The van der Waals surface area contributed by atoms with Gasteiger partial charge in [0.1, 0.15) is 6.61 Å². The smallest absolute Gasteiger partial charge is 0.116 e. The van der Waals surface area contributed by atoms with Gasteiger partial charge in [-0.15, -0.1) is 0 Å². The number of hydrogen-bond acceptors (Lipinski definition) is 2. The van der Waals surface area contributed by atoms with Gasteiger partial charge < -0.3 is 10.2 Å². The molecule has 0 aliphatic carbocycles. The molecule has 21 heavy (non-hydrogen) atoms. The van der Waals surface area contributed by atoms with Crippen LogP contribution in [0.5, 0.6) is 0 Å². The topological polar surface area (TPSA) is 26.2 Å². The first kappa shape index (κ1) is 14.0. The van der Waals surface area contributed by atoms with Crippen molar-refractivity contribution in [3.8, 4) is 0 Å². The molecule has 3 heteroatoms. The number of benzene rings is 2. The average molecular weight is 282 g/mol. The molecule has 3 rings (SSSR count). The van der Waals surface area contributed by atoms with Crippen LogP contribution in [0.4, 0.5) is 0 Å². The number of rotatable bonds is 7. The highest BCUT2D eigenvalue weighted by Gasteiger charge is 2.09. The molecule has 0 fully saturated rings. The number of fused-ring (bicyclic) bond motifs is 3. The normalized spacial score (nSPS) is 11.3. The van der Waals surface area contributed by atoms with E-state index < -0.39 is 0 Å². The second-order valence-electron chi connectivity index (χ2n) is 5.27. The summed E-state index contributed by atoms with van der Waals surface area (Å²) >= 11 is 0. The van der Waals surface area contributed by atoms with E-state index in [0.717, 1.165) is 37.2 Å². The van der Waals surface area contributed by atoms with Crippen LogP contribution < -0.4 is 10.2 Å². The highest BCUT2D eigenvalue weighted by Crippen LogP contribution is 2.27. The van der Waals surface area contributed by atoms with Crippen molar-refractivity contribution in [1.82, 2.24) is 10.0 Å². The minimum absolute atomic E-state index is 0.722. The second-order valence-corrected chi connectivity index (χ2v) is 5.27. The maximum absolute atomic E-state index is 6.03. The first-order chi connectivity index (χ1) is 10.4. The lowest BCUT2D eigenvalue weighted by atomic mass is 10.2. The van der Waals surface area contributed by atoms with Crippen molar-refractivity contribution in [2.75, 3.05) is 19.7 Å². The molecule has 0 amide bonds. The van der Waals surface area contributed by atoms with Gasteiger partial charge in [0.05, 0.1) is 11.0 Å². The maximum Gasteiger partial charge on any atom is 0.116 e. The van der Waals surface area contributed by atoms with Crippen LogP contribution in [-0.2, 0) is 0 Å². The Bertz CT molecular complexity index is 664. The van der Waals surface area contributed by atoms with Gasteiger partial charge in [0.2, 0.25) is 0 Å². The van der Waals surface area contributed by atoms with Crippen molar-refractivity contribution in [2.45, 2.75) is 19.8 Å². The highest BCUT2D eigenvalue weighted by molar-refractivity contribution is 6.07. The van der Waals surface area contributed by atoms with Crippen molar-refractivity contribution in [2.24, 2.45) is 0 Å². The minimum atomic E-state index is 0.722. The van der Waals surface area contributed by atoms with Crippen molar-refractivity contribution < 1.29 is 4.84 Å². The van der Waals surface area contributed by atoms with E-state index in [1.807, 2.05) is 4.73 Å². The van der Waals surface area contributed by atoms with E-state index in [4.69, 9.17) is 4.84 Å². The molecule has 1 heterocycles. The molecule has 0 atom stereocenters. The SMILES string of the molecule is CCCNCCCOn1c2ccccc2c2ccccc21. The minimum Gasteiger partial charge on any atom is -0.413 e. The number of hydrogen-bond donors (Lipinski definition) is 1. The zero-order valence-corrected chi connectivity index (χ0v) is 12.5. The monoisotopic (exact) mass is 282 g/mol. The Morgan fingerprint density at radius 3 is 2.14 bits per heavy atom. The fourth-order valence-corrected chi connectivity index (χ4v) is 2.68. The molecule has 0 saturated carbocycles. The van der Waals surface area contributed by atoms with Crippen LogP contribution in [0, 0.1) is 0 Å². The summed E-state index contributed by atoms with van der Waals surface area (Å²) in [7, 11) is 0. The molecule has 0 unspecified atom stereocenters. The molecule has 0 radical (unpaired) electrons. The van der Waals surface area contributed by atoms with Gasteiger partial charge in [0.15, 0.2) is 0 Å². The molecule has 3 aromatic rings. The third-order valence-corrected chi connectivity index (χ3v) is 3.68. The zero-order valence-electron chi connectivity index (χ0n) is 12.5. The van der Waals surface area contributed by atoms with Crippen LogP contribution in [-0.4, -0.2) is 24.4 Å². The number of para-hydroxylation sites is 2. The van der Waals surface area contributed by atoms with Gasteiger partial charge in [0, 0.05) is 10.8 Å². The Balaban J connectivity index is 1.80. The van der Waals surface area contributed by atoms with E-state index in [2.05, 4.69) is 60.8 Å². The van der Waals surface area contributed by atoms with Crippen molar-refractivity contribution in [3.05, 3.63) is 48.5 Å². The van der Waals surface area contributed by atoms with Crippen molar-refractivity contribution >= 4 is 21.8 Å². The maximum atomic E-state index is 6.03.